The first-order valence-corrected chi connectivity index (χ1v) is 5.89. The molecule has 0 atom stereocenters. The fourth-order valence-electron chi connectivity index (χ4n) is 1.78. The summed E-state index contributed by atoms with van der Waals surface area (Å²) in [6.45, 7) is 4.83. The molecule has 3 N–H and O–H groups in total. The molecule has 0 bridgehead atoms. The van der Waals surface area contributed by atoms with Crippen LogP contribution in [0.1, 0.15) is 25.2 Å². The largest absolute Gasteiger partial charge is 0.324 e. The lowest BCUT2D eigenvalue weighted by Crippen LogP contribution is -1.98. The molecule has 2 rings (SSSR count). The Labute approximate surface area is 101 Å². The van der Waals surface area contributed by atoms with Crippen molar-refractivity contribution in [3.63, 3.8) is 0 Å². The van der Waals surface area contributed by atoms with Crippen LogP contribution < -0.4 is 5.73 Å². The van der Waals surface area contributed by atoms with Crippen molar-refractivity contribution in [3.8, 4) is 11.4 Å². The zero-order valence-corrected chi connectivity index (χ0v) is 10.3. The summed E-state index contributed by atoms with van der Waals surface area (Å²) in [5.74, 6) is 2.10. The number of aromatic nitrogens is 3. The van der Waals surface area contributed by atoms with E-state index in [-0.39, 0.29) is 0 Å². The molecule has 90 valence electrons. The Kier molecular flexibility index (Phi) is 3.54. The number of aromatic amines is 1. The van der Waals surface area contributed by atoms with Crippen LogP contribution in [0.5, 0.6) is 0 Å². The average Bonchev–Trinajstić information content (AvgIpc) is 2.78. The van der Waals surface area contributed by atoms with Crippen molar-refractivity contribution < 1.29 is 0 Å². The highest BCUT2D eigenvalue weighted by atomic mass is 15.2. The molecular formula is C13H18N4. The molecule has 0 aliphatic rings. The van der Waals surface area contributed by atoms with Crippen LogP contribution in [0.25, 0.3) is 11.4 Å². The third kappa shape index (κ3) is 2.91. The van der Waals surface area contributed by atoms with Gasteiger partial charge < -0.3 is 5.73 Å². The van der Waals surface area contributed by atoms with Crippen molar-refractivity contribution >= 4 is 0 Å². The molecule has 4 nitrogen and oxygen atoms in total. The predicted octanol–water partition coefficient (Wildman–Crippen LogP) is 2.13. The quantitative estimate of drug-likeness (QED) is 0.845. The summed E-state index contributed by atoms with van der Waals surface area (Å²) in [4.78, 5) is 4.30. The van der Waals surface area contributed by atoms with Gasteiger partial charge in [0.25, 0.3) is 0 Å². The second-order valence-electron chi connectivity index (χ2n) is 4.60. The van der Waals surface area contributed by atoms with Gasteiger partial charge in [-0.3, -0.25) is 5.10 Å². The standard InChI is InChI=1S/C13H18N4/c1-9(2)7-10-3-5-11(6-4-10)13-15-12(8-14)16-17-13/h3-6,9H,7-8,14H2,1-2H3,(H,15,16,17). The number of benzene rings is 1. The van der Waals surface area contributed by atoms with E-state index in [1.807, 2.05) is 0 Å². The van der Waals surface area contributed by atoms with Crippen molar-refractivity contribution in [2.45, 2.75) is 26.8 Å². The van der Waals surface area contributed by atoms with Crippen molar-refractivity contribution in [1.82, 2.24) is 15.2 Å². The van der Waals surface area contributed by atoms with E-state index in [2.05, 4.69) is 53.3 Å². The molecule has 0 unspecified atom stereocenters. The van der Waals surface area contributed by atoms with Crippen molar-refractivity contribution in [1.29, 1.82) is 0 Å². The van der Waals surface area contributed by atoms with Crippen LogP contribution in [-0.2, 0) is 13.0 Å². The van der Waals surface area contributed by atoms with Crippen LogP contribution >= 0.6 is 0 Å². The average molecular weight is 230 g/mol. The minimum atomic E-state index is 0.387. The number of hydrogen-bond donors (Lipinski definition) is 2. The summed E-state index contributed by atoms with van der Waals surface area (Å²) < 4.78 is 0. The Morgan fingerprint density at radius 2 is 1.94 bits per heavy atom. The molecule has 0 spiro atoms. The van der Waals surface area contributed by atoms with Gasteiger partial charge in [-0.25, -0.2) is 4.98 Å². The molecule has 0 saturated carbocycles. The third-order valence-electron chi connectivity index (χ3n) is 2.58. The molecule has 1 heterocycles. The minimum Gasteiger partial charge on any atom is -0.324 e. The maximum atomic E-state index is 5.49. The van der Waals surface area contributed by atoms with E-state index in [1.54, 1.807) is 0 Å². The molecule has 0 aliphatic carbocycles. The SMILES string of the molecule is CC(C)Cc1ccc(-c2n[nH]c(CN)n2)cc1. The summed E-state index contributed by atoms with van der Waals surface area (Å²) in [5, 5.41) is 6.95. The Morgan fingerprint density at radius 1 is 1.24 bits per heavy atom. The Hall–Kier alpha value is -1.68. The number of H-pyrrole nitrogens is 1. The Morgan fingerprint density at radius 3 is 2.47 bits per heavy atom. The van der Waals surface area contributed by atoms with Gasteiger partial charge in [-0.2, -0.15) is 5.10 Å². The van der Waals surface area contributed by atoms with Crippen molar-refractivity contribution in [2.24, 2.45) is 11.7 Å². The lowest BCUT2D eigenvalue weighted by atomic mass is 10.0. The van der Waals surface area contributed by atoms with Gasteiger partial charge in [-0.15, -0.1) is 0 Å². The van der Waals surface area contributed by atoms with Crippen LogP contribution in [0.3, 0.4) is 0 Å². The molecule has 1 aromatic heterocycles. The third-order valence-corrected chi connectivity index (χ3v) is 2.58. The van der Waals surface area contributed by atoms with Crippen LogP contribution in [0.4, 0.5) is 0 Å². The molecule has 0 radical (unpaired) electrons. The minimum absolute atomic E-state index is 0.387. The summed E-state index contributed by atoms with van der Waals surface area (Å²) in [6.07, 6.45) is 1.10. The number of nitrogens with two attached hydrogens (primary N) is 1. The first kappa shape index (κ1) is 11.8. The van der Waals surface area contributed by atoms with Gasteiger partial charge >= 0.3 is 0 Å². The lowest BCUT2D eigenvalue weighted by Gasteiger charge is -2.04. The zero-order chi connectivity index (χ0) is 12.3. The Bertz CT molecular complexity index is 470. The summed E-state index contributed by atoms with van der Waals surface area (Å²) in [6, 6.07) is 8.38. The first-order valence-electron chi connectivity index (χ1n) is 5.89. The molecule has 17 heavy (non-hydrogen) atoms. The highest BCUT2D eigenvalue weighted by Crippen LogP contribution is 2.17. The van der Waals surface area contributed by atoms with Crippen LogP contribution in [0, 0.1) is 5.92 Å². The van der Waals surface area contributed by atoms with Crippen LogP contribution in [-0.4, -0.2) is 15.2 Å². The van der Waals surface area contributed by atoms with Crippen LogP contribution in [0.2, 0.25) is 0 Å². The van der Waals surface area contributed by atoms with Gasteiger partial charge in [0.2, 0.25) is 0 Å². The first-order chi connectivity index (χ1) is 8.19. The molecule has 0 saturated heterocycles. The van der Waals surface area contributed by atoms with Gasteiger partial charge in [0.15, 0.2) is 5.82 Å². The molecule has 2 aromatic rings. The highest BCUT2D eigenvalue weighted by Gasteiger charge is 2.05. The van der Waals surface area contributed by atoms with Gasteiger partial charge in [0, 0.05) is 5.56 Å². The van der Waals surface area contributed by atoms with E-state index < -0.39 is 0 Å². The van der Waals surface area contributed by atoms with E-state index in [9.17, 15) is 0 Å². The lowest BCUT2D eigenvalue weighted by molar-refractivity contribution is 0.647. The van der Waals surface area contributed by atoms with Crippen LogP contribution in [0.15, 0.2) is 24.3 Å². The maximum Gasteiger partial charge on any atom is 0.181 e. The number of rotatable bonds is 4. The molecule has 4 heteroatoms. The molecule has 0 aliphatic heterocycles. The molecular weight excluding hydrogens is 212 g/mol. The number of hydrogen-bond acceptors (Lipinski definition) is 3. The van der Waals surface area contributed by atoms with Gasteiger partial charge in [0.05, 0.1) is 6.54 Å². The van der Waals surface area contributed by atoms with E-state index >= 15 is 0 Å². The summed E-state index contributed by atoms with van der Waals surface area (Å²) >= 11 is 0. The maximum absolute atomic E-state index is 5.49. The molecule has 0 amide bonds. The second-order valence-corrected chi connectivity index (χ2v) is 4.60. The monoisotopic (exact) mass is 230 g/mol. The van der Waals surface area contributed by atoms with E-state index in [0.29, 0.717) is 24.1 Å². The topological polar surface area (TPSA) is 67.6 Å². The van der Waals surface area contributed by atoms with E-state index in [4.69, 9.17) is 5.73 Å². The smallest absolute Gasteiger partial charge is 0.181 e. The van der Waals surface area contributed by atoms with E-state index in [1.165, 1.54) is 5.56 Å². The Balaban J connectivity index is 2.17. The zero-order valence-electron chi connectivity index (χ0n) is 10.3. The van der Waals surface area contributed by atoms with Gasteiger partial charge in [-0.05, 0) is 17.9 Å². The number of nitrogens with one attached hydrogen (secondary N) is 1. The van der Waals surface area contributed by atoms with Crippen molar-refractivity contribution in [2.75, 3.05) is 0 Å². The second kappa shape index (κ2) is 5.10. The van der Waals surface area contributed by atoms with Crippen molar-refractivity contribution in [3.05, 3.63) is 35.7 Å². The predicted molar refractivity (Wildman–Crippen MR) is 68.3 cm³/mol. The van der Waals surface area contributed by atoms with E-state index in [0.717, 1.165) is 12.0 Å². The normalized spacial score (nSPS) is 11.1. The molecule has 0 fully saturated rings. The van der Waals surface area contributed by atoms with Gasteiger partial charge in [-0.1, -0.05) is 38.1 Å². The fourth-order valence-corrected chi connectivity index (χ4v) is 1.78. The summed E-state index contributed by atoms with van der Waals surface area (Å²) in [5.41, 5.74) is 7.85. The highest BCUT2D eigenvalue weighted by molar-refractivity contribution is 5.54. The molecule has 1 aromatic carbocycles. The summed E-state index contributed by atoms with van der Waals surface area (Å²) in [7, 11) is 0. The fraction of sp³-hybridized carbons (Fsp3) is 0.385. The van der Waals surface area contributed by atoms with Gasteiger partial charge in [0.1, 0.15) is 5.82 Å². The number of nitrogens with zero attached hydrogens (tertiary/aromatic N) is 2.